The summed E-state index contributed by atoms with van der Waals surface area (Å²) in [4.78, 5) is 8.38. The Kier molecular flexibility index (Phi) is 5.84. The molecule has 2 saturated carbocycles. The fraction of sp³-hybridized carbons (Fsp3) is 0.429. The van der Waals surface area contributed by atoms with Crippen LogP contribution in [0.2, 0.25) is 0 Å². The number of nitriles is 1. The van der Waals surface area contributed by atoms with Crippen LogP contribution in [-0.2, 0) is 7.05 Å². The standard InChI is InChI=1S/C28H31N7O/c1-18-15-26(34(2)33-18)32-20-9-7-19(8-10-20)27-24(17-29)23-12-11-22(36-28-30-13-4-14-31-28)16-25(23)35(27)21-5-3-6-21/h4,11-16,19-21,32H,3,5-10H2,1-2H3. The Morgan fingerprint density at radius 3 is 2.47 bits per heavy atom. The van der Waals surface area contributed by atoms with Crippen molar-refractivity contribution in [1.29, 1.82) is 5.26 Å². The molecule has 0 amide bonds. The molecule has 0 atom stereocenters. The Bertz CT molecular complexity index is 1420. The number of aromatic nitrogens is 5. The fourth-order valence-electron chi connectivity index (χ4n) is 5.84. The van der Waals surface area contributed by atoms with Gasteiger partial charge in [0, 0.05) is 60.7 Å². The van der Waals surface area contributed by atoms with Crippen LogP contribution in [0.25, 0.3) is 10.9 Å². The van der Waals surface area contributed by atoms with Gasteiger partial charge in [-0.2, -0.15) is 10.4 Å². The van der Waals surface area contributed by atoms with Crippen LogP contribution in [0, 0.1) is 18.3 Å². The van der Waals surface area contributed by atoms with Crippen LogP contribution in [0.3, 0.4) is 0 Å². The van der Waals surface area contributed by atoms with E-state index in [1.807, 2.05) is 30.8 Å². The van der Waals surface area contributed by atoms with Crippen molar-refractivity contribution in [3.05, 3.63) is 59.7 Å². The van der Waals surface area contributed by atoms with Crippen LogP contribution < -0.4 is 10.1 Å². The second-order valence-electron chi connectivity index (χ2n) is 10.1. The molecule has 0 radical (unpaired) electrons. The van der Waals surface area contributed by atoms with E-state index in [4.69, 9.17) is 4.74 Å². The first-order chi connectivity index (χ1) is 17.6. The van der Waals surface area contributed by atoms with Gasteiger partial charge in [0.05, 0.1) is 16.8 Å². The highest BCUT2D eigenvalue weighted by molar-refractivity contribution is 5.89. The second-order valence-corrected chi connectivity index (χ2v) is 10.1. The Labute approximate surface area is 210 Å². The summed E-state index contributed by atoms with van der Waals surface area (Å²) in [5.74, 6) is 2.15. The molecule has 0 spiro atoms. The molecule has 2 aliphatic rings. The monoisotopic (exact) mass is 481 g/mol. The summed E-state index contributed by atoms with van der Waals surface area (Å²) in [5, 5.41) is 19.5. The number of fused-ring (bicyclic) bond motifs is 1. The van der Waals surface area contributed by atoms with Gasteiger partial charge in [0.25, 0.3) is 0 Å². The molecule has 0 bridgehead atoms. The lowest BCUT2D eigenvalue weighted by Gasteiger charge is -2.35. The van der Waals surface area contributed by atoms with E-state index in [1.165, 1.54) is 12.1 Å². The number of rotatable bonds is 6. The van der Waals surface area contributed by atoms with Gasteiger partial charge in [-0.05, 0) is 70.1 Å². The zero-order valence-corrected chi connectivity index (χ0v) is 20.8. The van der Waals surface area contributed by atoms with Crippen molar-refractivity contribution in [1.82, 2.24) is 24.3 Å². The summed E-state index contributed by atoms with van der Waals surface area (Å²) in [6.45, 7) is 2.02. The molecule has 8 nitrogen and oxygen atoms in total. The third-order valence-electron chi connectivity index (χ3n) is 7.78. The summed E-state index contributed by atoms with van der Waals surface area (Å²) < 4.78 is 10.3. The van der Waals surface area contributed by atoms with Gasteiger partial charge in [-0.15, -0.1) is 0 Å². The number of aryl methyl sites for hydroxylation is 2. The van der Waals surface area contributed by atoms with E-state index >= 15 is 0 Å². The number of hydrogen-bond acceptors (Lipinski definition) is 6. The second kappa shape index (κ2) is 9.30. The summed E-state index contributed by atoms with van der Waals surface area (Å²) in [7, 11) is 1.99. The average Bonchev–Trinajstić information content (AvgIpc) is 3.34. The van der Waals surface area contributed by atoms with Crippen LogP contribution >= 0.6 is 0 Å². The number of ether oxygens (including phenoxy) is 1. The van der Waals surface area contributed by atoms with E-state index < -0.39 is 0 Å². The molecule has 1 aromatic carbocycles. The van der Waals surface area contributed by atoms with Crippen molar-refractivity contribution in [3.8, 4) is 17.8 Å². The lowest BCUT2D eigenvalue weighted by molar-refractivity contribution is 0.300. The summed E-state index contributed by atoms with van der Waals surface area (Å²) in [6.07, 6.45) is 11.2. The molecular weight excluding hydrogens is 450 g/mol. The van der Waals surface area contributed by atoms with Gasteiger partial charge in [-0.1, -0.05) is 0 Å². The molecule has 36 heavy (non-hydrogen) atoms. The van der Waals surface area contributed by atoms with Crippen LogP contribution in [0.15, 0.2) is 42.7 Å². The van der Waals surface area contributed by atoms with Crippen molar-refractivity contribution in [2.24, 2.45) is 7.05 Å². The molecule has 4 aromatic rings. The minimum Gasteiger partial charge on any atom is -0.424 e. The van der Waals surface area contributed by atoms with E-state index in [2.05, 4.69) is 43.2 Å². The molecule has 2 fully saturated rings. The number of benzene rings is 1. The lowest BCUT2D eigenvalue weighted by atomic mass is 9.82. The lowest BCUT2D eigenvalue weighted by Crippen LogP contribution is -2.28. The van der Waals surface area contributed by atoms with Gasteiger partial charge in [0.15, 0.2) is 0 Å². The Balaban J connectivity index is 1.31. The van der Waals surface area contributed by atoms with Crippen molar-refractivity contribution in [3.63, 3.8) is 0 Å². The predicted molar refractivity (Wildman–Crippen MR) is 138 cm³/mol. The van der Waals surface area contributed by atoms with Crippen molar-refractivity contribution in [2.75, 3.05) is 5.32 Å². The predicted octanol–water partition coefficient (Wildman–Crippen LogP) is 6.00. The van der Waals surface area contributed by atoms with Crippen molar-refractivity contribution < 1.29 is 4.74 Å². The molecule has 0 unspecified atom stereocenters. The topological polar surface area (TPSA) is 93.6 Å². The van der Waals surface area contributed by atoms with Crippen LogP contribution in [0.4, 0.5) is 5.82 Å². The Morgan fingerprint density at radius 1 is 1.06 bits per heavy atom. The highest BCUT2D eigenvalue weighted by atomic mass is 16.5. The molecule has 184 valence electrons. The van der Waals surface area contributed by atoms with E-state index in [-0.39, 0.29) is 0 Å². The normalized spacial score (nSPS) is 20.1. The van der Waals surface area contributed by atoms with Crippen LogP contribution in [-0.4, -0.2) is 30.4 Å². The first-order valence-corrected chi connectivity index (χ1v) is 12.9. The molecule has 0 saturated heterocycles. The number of hydrogen-bond donors (Lipinski definition) is 1. The minimum absolute atomic E-state index is 0.328. The molecule has 0 aliphatic heterocycles. The van der Waals surface area contributed by atoms with Gasteiger partial charge >= 0.3 is 6.01 Å². The van der Waals surface area contributed by atoms with Crippen molar-refractivity contribution >= 4 is 16.7 Å². The largest absolute Gasteiger partial charge is 0.424 e. The van der Waals surface area contributed by atoms with E-state index in [0.717, 1.165) is 66.5 Å². The number of nitrogens with zero attached hydrogens (tertiary/aromatic N) is 6. The molecule has 3 heterocycles. The van der Waals surface area contributed by atoms with Crippen molar-refractivity contribution in [2.45, 2.75) is 69.9 Å². The molecule has 3 aromatic heterocycles. The van der Waals surface area contributed by atoms with Crippen LogP contribution in [0.5, 0.6) is 11.8 Å². The summed E-state index contributed by atoms with van der Waals surface area (Å²) in [6, 6.07) is 13.7. The summed E-state index contributed by atoms with van der Waals surface area (Å²) >= 11 is 0. The Hall–Kier alpha value is -3.86. The van der Waals surface area contributed by atoms with E-state index in [1.54, 1.807) is 18.5 Å². The smallest absolute Gasteiger partial charge is 0.321 e. The minimum atomic E-state index is 0.328. The Morgan fingerprint density at radius 2 is 1.83 bits per heavy atom. The maximum Gasteiger partial charge on any atom is 0.321 e. The molecular formula is C28H31N7O. The van der Waals surface area contributed by atoms with Gasteiger partial charge in [0.2, 0.25) is 0 Å². The third kappa shape index (κ3) is 4.09. The average molecular weight is 482 g/mol. The SMILES string of the molecule is Cc1cc(NC2CCC(c3c(C#N)c4ccc(Oc5ncccn5)cc4n3C3CCC3)CC2)n(C)n1. The van der Waals surface area contributed by atoms with Crippen LogP contribution in [0.1, 0.15) is 73.9 Å². The molecule has 8 heteroatoms. The van der Waals surface area contributed by atoms with Gasteiger partial charge < -0.3 is 14.6 Å². The maximum atomic E-state index is 10.3. The molecule has 1 N–H and O–H groups in total. The zero-order valence-electron chi connectivity index (χ0n) is 20.8. The maximum absolute atomic E-state index is 10.3. The highest BCUT2D eigenvalue weighted by Crippen LogP contribution is 2.45. The number of anilines is 1. The van der Waals surface area contributed by atoms with E-state index in [9.17, 15) is 5.26 Å². The third-order valence-corrected chi connectivity index (χ3v) is 7.78. The molecule has 2 aliphatic carbocycles. The molecule has 6 rings (SSSR count). The quantitative estimate of drug-likeness (QED) is 0.363. The zero-order chi connectivity index (χ0) is 24.6. The first-order valence-electron chi connectivity index (χ1n) is 12.9. The number of nitrogens with one attached hydrogen (secondary N) is 1. The van der Waals surface area contributed by atoms with E-state index in [0.29, 0.717) is 29.8 Å². The first kappa shape index (κ1) is 22.6. The fourth-order valence-corrected chi connectivity index (χ4v) is 5.84. The summed E-state index contributed by atoms with van der Waals surface area (Å²) in [5.41, 5.74) is 4.17. The highest BCUT2D eigenvalue weighted by Gasteiger charge is 2.33. The van der Waals surface area contributed by atoms with Gasteiger partial charge in [-0.25, -0.2) is 9.97 Å². The van der Waals surface area contributed by atoms with Gasteiger partial charge in [-0.3, -0.25) is 4.68 Å². The van der Waals surface area contributed by atoms with Gasteiger partial charge in [0.1, 0.15) is 17.6 Å².